The third-order valence-electron chi connectivity index (χ3n) is 1.50. The number of benzene rings is 1. The fourth-order valence-corrected chi connectivity index (χ4v) is 1.24. The number of nitrogens with two attached hydrogens (primary N) is 1. The van der Waals surface area contributed by atoms with Crippen LogP contribution in [0.4, 0.5) is 20.2 Å². The molecular formula is C8H9BrF2N2. The van der Waals surface area contributed by atoms with Gasteiger partial charge in [0.15, 0.2) is 0 Å². The zero-order valence-corrected chi connectivity index (χ0v) is 8.31. The van der Waals surface area contributed by atoms with Crippen molar-refractivity contribution in [1.82, 2.24) is 0 Å². The van der Waals surface area contributed by atoms with Gasteiger partial charge in [-0.05, 0) is 28.1 Å². The van der Waals surface area contributed by atoms with Crippen LogP contribution in [-0.4, -0.2) is 13.0 Å². The molecule has 0 aromatic heterocycles. The summed E-state index contributed by atoms with van der Waals surface area (Å²) in [7, 11) is 0. The molecule has 5 heteroatoms. The quantitative estimate of drug-likeness (QED) is 0.810. The summed E-state index contributed by atoms with van der Waals surface area (Å²) < 4.78 is 24.4. The summed E-state index contributed by atoms with van der Waals surface area (Å²) >= 11 is 3.20. The van der Waals surface area contributed by atoms with Crippen LogP contribution >= 0.6 is 15.9 Å². The second-order valence-electron chi connectivity index (χ2n) is 2.47. The number of hydrogen-bond acceptors (Lipinski definition) is 2. The summed E-state index contributed by atoms with van der Waals surface area (Å²) in [6.07, 6.45) is -2.38. The third kappa shape index (κ3) is 2.84. The van der Waals surface area contributed by atoms with E-state index >= 15 is 0 Å². The second kappa shape index (κ2) is 4.41. The zero-order chi connectivity index (χ0) is 9.84. The van der Waals surface area contributed by atoms with E-state index in [0.717, 1.165) is 0 Å². The lowest BCUT2D eigenvalue weighted by Gasteiger charge is -2.09. The average molecular weight is 251 g/mol. The van der Waals surface area contributed by atoms with Crippen molar-refractivity contribution in [2.45, 2.75) is 6.43 Å². The van der Waals surface area contributed by atoms with Crippen molar-refractivity contribution in [2.24, 2.45) is 0 Å². The molecule has 0 unspecified atom stereocenters. The minimum Gasteiger partial charge on any atom is -0.396 e. The SMILES string of the molecule is Nc1c(Br)cccc1NCC(F)F. The lowest BCUT2D eigenvalue weighted by atomic mass is 10.3. The maximum atomic E-state index is 11.8. The predicted molar refractivity (Wildman–Crippen MR) is 53.0 cm³/mol. The Hall–Kier alpha value is -0.840. The highest BCUT2D eigenvalue weighted by Crippen LogP contribution is 2.27. The van der Waals surface area contributed by atoms with Crippen molar-refractivity contribution in [2.75, 3.05) is 17.6 Å². The van der Waals surface area contributed by atoms with Crippen molar-refractivity contribution in [1.29, 1.82) is 0 Å². The van der Waals surface area contributed by atoms with Gasteiger partial charge in [-0.15, -0.1) is 0 Å². The van der Waals surface area contributed by atoms with Crippen LogP contribution in [0.3, 0.4) is 0 Å². The highest BCUT2D eigenvalue weighted by Gasteiger charge is 2.05. The monoisotopic (exact) mass is 250 g/mol. The average Bonchev–Trinajstić information content (AvgIpc) is 2.07. The van der Waals surface area contributed by atoms with Crippen molar-refractivity contribution in [3.63, 3.8) is 0 Å². The van der Waals surface area contributed by atoms with Crippen LogP contribution in [0, 0.1) is 0 Å². The molecule has 0 bridgehead atoms. The lowest BCUT2D eigenvalue weighted by Crippen LogP contribution is -2.11. The molecule has 0 saturated heterocycles. The van der Waals surface area contributed by atoms with Gasteiger partial charge in [0.1, 0.15) is 0 Å². The molecule has 0 atom stereocenters. The highest BCUT2D eigenvalue weighted by molar-refractivity contribution is 9.10. The molecular weight excluding hydrogens is 242 g/mol. The van der Waals surface area contributed by atoms with Gasteiger partial charge in [-0.1, -0.05) is 6.07 Å². The van der Waals surface area contributed by atoms with Crippen molar-refractivity contribution in [3.05, 3.63) is 22.7 Å². The zero-order valence-electron chi connectivity index (χ0n) is 6.73. The normalized spacial score (nSPS) is 10.5. The summed E-state index contributed by atoms with van der Waals surface area (Å²) in [5, 5.41) is 2.55. The summed E-state index contributed by atoms with van der Waals surface area (Å²) in [4.78, 5) is 0. The van der Waals surface area contributed by atoms with E-state index in [0.29, 0.717) is 15.8 Å². The van der Waals surface area contributed by atoms with Gasteiger partial charge in [0, 0.05) is 4.47 Å². The molecule has 0 heterocycles. The van der Waals surface area contributed by atoms with Crippen LogP contribution in [0.15, 0.2) is 22.7 Å². The van der Waals surface area contributed by atoms with Gasteiger partial charge < -0.3 is 11.1 Å². The van der Waals surface area contributed by atoms with Gasteiger partial charge in [0.05, 0.1) is 17.9 Å². The summed E-state index contributed by atoms with van der Waals surface area (Å²) in [6.45, 7) is -0.388. The van der Waals surface area contributed by atoms with Gasteiger partial charge >= 0.3 is 0 Å². The maximum Gasteiger partial charge on any atom is 0.255 e. The molecule has 1 aromatic carbocycles. The molecule has 0 radical (unpaired) electrons. The minimum atomic E-state index is -2.38. The smallest absolute Gasteiger partial charge is 0.255 e. The van der Waals surface area contributed by atoms with E-state index in [1.54, 1.807) is 18.2 Å². The molecule has 0 fully saturated rings. The minimum absolute atomic E-state index is 0.388. The van der Waals surface area contributed by atoms with Gasteiger partial charge in [0.25, 0.3) is 6.43 Å². The number of nitrogen functional groups attached to an aromatic ring is 1. The Bertz CT molecular complexity index is 291. The van der Waals surface area contributed by atoms with Gasteiger partial charge in [0.2, 0.25) is 0 Å². The lowest BCUT2D eigenvalue weighted by molar-refractivity contribution is 0.163. The molecule has 0 saturated carbocycles. The second-order valence-corrected chi connectivity index (χ2v) is 3.33. The fraction of sp³-hybridized carbons (Fsp3) is 0.250. The number of para-hydroxylation sites is 1. The maximum absolute atomic E-state index is 11.8. The largest absolute Gasteiger partial charge is 0.396 e. The molecule has 1 rings (SSSR count). The van der Waals surface area contributed by atoms with E-state index in [1.165, 1.54) is 0 Å². The molecule has 0 amide bonds. The number of nitrogens with one attached hydrogen (secondary N) is 1. The Morgan fingerprint density at radius 3 is 2.77 bits per heavy atom. The summed E-state index contributed by atoms with van der Waals surface area (Å²) in [6, 6.07) is 5.14. The molecule has 72 valence electrons. The van der Waals surface area contributed by atoms with E-state index in [9.17, 15) is 8.78 Å². The predicted octanol–water partition coefficient (Wildman–Crippen LogP) is 2.71. The Labute approximate surface area is 83.2 Å². The van der Waals surface area contributed by atoms with Crippen LogP contribution in [0.25, 0.3) is 0 Å². The highest BCUT2D eigenvalue weighted by atomic mass is 79.9. The molecule has 1 aromatic rings. The van der Waals surface area contributed by atoms with Crippen molar-refractivity contribution >= 4 is 27.3 Å². The Kier molecular flexibility index (Phi) is 3.48. The van der Waals surface area contributed by atoms with Crippen molar-refractivity contribution in [3.8, 4) is 0 Å². The fourth-order valence-electron chi connectivity index (χ4n) is 0.878. The van der Waals surface area contributed by atoms with E-state index in [1.807, 2.05) is 0 Å². The number of hydrogen-bond donors (Lipinski definition) is 2. The number of rotatable bonds is 3. The van der Waals surface area contributed by atoms with Crippen LogP contribution in [0.2, 0.25) is 0 Å². The Morgan fingerprint density at radius 1 is 1.46 bits per heavy atom. The van der Waals surface area contributed by atoms with Crippen LogP contribution in [-0.2, 0) is 0 Å². The summed E-state index contributed by atoms with van der Waals surface area (Å²) in [5.41, 5.74) is 6.58. The molecule has 0 aliphatic carbocycles. The molecule has 0 aliphatic rings. The molecule has 2 nitrogen and oxygen atoms in total. The molecule has 13 heavy (non-hydrogen) atoms. The third-order valence-corrected chi connectivity index (χ3v) is 2.19. The van der Waals surface area contributed by atoms with E-state index in [2.05, 4.69) is 21.2 Å². The Morgan fingerprint density at radius 2 is 2.15 bits per heavy atom. The van der Waals surface area contributed by atoms with Gasteiger partial charge in [-0.25, -0.2) is 8.78 Å². The van der Waals surface area contributed by atoms with Crippen LogP contribution in [0.5, 0.6) is 0 Å². The van der Waals surface area contributed by atoms with Gasteiger partial charge in [-0.2, -0.15) is 0 Å². The first-order valence-corrected chi connectivity index (χ1v) is 4.46. The van der Waals surface area contributed by atoms with Crippen LogP contribution in [0.1, 0.15) is 0 Å². The standard InChI is InChI=1S/C8H9BrF2N2/c9-5-2-1-3-6(8(5)12)13-4-7(10)11/h1-3,7,13H,4,12H2. The Balaban J connectivity index is 2.71. The van der Waals surface area contributed by atoms with E-state index in [-0.39, 0.29) is 6.54 Å². The van der Waals surface area contributed by atoms with E-state index in [4.69, 9.17) is 5.73 Å². The molecule has 3 N–H and O–H groups in total. The number of anilines is 2. The van der Waals surface area contributed by atoms with E-state index < -0.39 is 6.43 Å². The topological polar surface area (TPSA) is 38.0 Å². The first kappa shape index (κ1) is 10.2. The van der Waals surface area contributed by atoms with Crippen molar-refractivity contribution < 1.29 is 8.78 Å². The summed E-state index contributed by atoms with van der Waals surface area (Å²) in [5.74, 6) is 0. The first-order valence-electron chi connectivity index (χ1n) is 3.67. The number of halogens is 3. The van der Waals surface area contributed by atoms with Crippen LogP contribution < -0.4 is 11.1 Å². The molecule has 0 spiro atoms. The molecule has 0 aliphatic heterocycles. The van der Waals surface area contributed by atoms with Gasteiger partial charge in [-0.3, -0.25) is 0 Å². The number of alkyl halides is 2. The first-order chi connectivity index (χ1) is 6.11.